The summed E-state index contributed by atoms with van der Waals surface area (Å²) in [6.45, 7) is 3.84. The van der Waals surface area contributed by atoms with Gasteiger partial charge in [-0.3, -0.25) is 19.3 Å². The number of benzene rings is 2. The summed E-state index contributed by atoms with van der Waals surface area (Å²) in [5.41, 5.74) is 1.36. The number of nitrogens with zero attached hydrogens (tertiary/aromatic N) is 2. The van der Waals surface area contributed by atoms with E-state index >= 15 is 0 Å². The highest BCUT2D eigenvalue weighted by atomic mass is 32.1. The Morgan fingerprint density at radius 3 is 2.31 bits per heavy atom. The Bertz CT molecular complexity index is 1140. The zero-order chi connectivity index (χ0) is 26.2. The number of methoxy groups -OCH3 is 1. The Hall–Kier alpha value is -3.99. The monoisotopic (exact) mass is 512 g/mol. The maximum atomic E-state index is 13.4. The molecule has 0 unspecified atom stereocenters. The Kier molecular flexibility index (Phi) is 8.96. The van der Waals surface area contributed by atoms with E-state index in [9.17, 15) is 19.2 Å². The highest BCUT2D eigenvalue weighted by Crippen LogP contribution is 2.28. The van der Waals surface area contributed by atoms with E-state index in [0.29, 0.717) is 22.7 Å². The molecule has 1 fully saturated rings. The van der Waals surface area contributed by atoms with Crippen molar-refractivity contribution in [3.63, 3.8) is 0 Å². The zero-order valence-corrected chi connectivity index (χ0v) is 21.1. The Labute approximate surface area is 214 Å². The maximum absolute atomic E-state index is 13.4. The van der Waals surface area contributed by atoms with Gasteiger partial charge < -0.3 is 25.0 Å². The van der Waals surface area contributed by atoms with E-state index in [1.807, 2.05) is 0 Å². The van der Waals surface area contributed by atoms with Crippen molar-refractivity contribution in [1.29, 1.82) is 0 Å². The largest absolute Gasteiger partial charge is 0.497 e. The summed E-state index contributed by atoms with van der Waals surface area (Å²) in [6.07, 6.45) is -0.150. The van der Waals surface area contributed by atoms with Gasteiger partial charge in [-0.15, -0.1) is 0 Å². The van der Waals surface area contributed by atoms with Gasteiger partial charge in [-0.25, -0.2) is 4.79 Å². The fourth-order valence-electron chi connectivity index (χ4n) is 3.70. The number of esters is 1. The first-order valence-corrected chi connectivity index (χ1v) is 11.8. The number of hydrogen-bond acceptors (Lipinski definition) is 7. The summed E-state index contributed by atoms with van der Waals surface area (Å²) in [4.78, 5) is 52.5. The van der Waals surface area contributed by atoms with Crippen LogP contribution in [0.2, 0.25) is 0 Å². The van der Waals surface area contributed by atoms with E-state index in [-0.39, 0.29) is 49.0 Å². The van der Waals surface area contributed by atoms with Crippen LogP contribution in [0.3, 0.4) is 0 Å². The van der Waals surface area contributed by atoms with Crippen LogP contribution in [0.5, 0.6) is 5.75 Å². The van der Waals surface area contributed by atoms with Crippen LogP contribution in [0.25, 0.3) is 0 Å². The number of ether oxygens (including phenoxy) is 2. The lowest BCUT2D eigenvalue weighted by Crippen LogP contribution is -2.42. The van der Waals surface area contributed by atoms with Gasteiger partial charge in [0.2, 0.25) is 11.8 Å². The van der Waals surface area contributed by atoms with Crippen molar-refractivity contribution in [3.05, 3.63) is 54.1 Å². The Balaban J connectivity index is 1.79. The van der Waals surface area contributed by atoms with Gasteiger partial charge in [0.05, 0.1) is 31.4 Å². The molecule has 3 rings (SSSR count). The number of thiocarbonyl (C=S) groups is 1. The number of anilines is 2. The third-order valence-electron chi connectivity index (χ3n) is 5.43. The van der Waals surface area contributed by atoms with Crippen molar-refractivity contribution in [2.75, 3.05) is 37.0 Å². The second-order valence-electron chi connectivity index (χ2n) is 7.90. The zero-order valence-electron chi connectivity index (χ0n) is 20.3. The molecule has 190 valence electrons. The first kappa shape index (κ1) is 26.6. The summed E-state index contributed by atoms with van der Waals surface area (Å²) in [7, 11) is 1.55. The molecule has 0 bridgehead atoms. The quantitative estimate of drug-likeness (QED) is 0.368. The van der Waals surface area contributed by atoms with Crippen molar-refractivity contribution < 1.29 is 28.7 Å². The van der Waals surface area contributed by atoms with E-state index in [2.05, 4.69) is 10.6 Å². The summed E-state index contributed by atoms with van der Waals surface area (Å²) in [6, 6.07) is 12.3. The highest BCUT2D eigenvalue weighted by Gasteiger charge is 2.44. The average Bonchev–Trinajstić information content (AvgIpc) is 3.08. The SMILES string of the molecule is CCOC(=O)c1ccc(N2C(=O)[C@H](CC(=O)Nc3ccc(OC)cc3)N(CCNC(C)=O)C2=S)cc1. The average molecular weight is 513 g/mol. The molecule has 3 amide bonds. The second-order valence-corrected chi connectivity index (χ2v) is 8.26. The fourth-order valence-corrected chi connectivity index (χ4v) is 4.11. The van der Waals surface area contributed by atoms with Crippen molar-refractivity contribution in [1.82, 2.24) is 10.2 Å². The van der Waals surface area contributed by atoms with E-state index in [1.54, 1.807) is 67.5 Å². The van der Waals surface area contributed by atoms with Gasteiger partial charge in [0.1, 0.15) is 11.8 Å². The summed E-state index contributed by atoms with van der Waals surface area (Å²) < 4.78 is 10.1. The number of nitrogens with one attached hydrogen (secondary N) is 2. The molecule has 1 heterocycles. The molecule has 10 nitrogen and oxygen atoms in total. The van der Waals surface area contributed by atoms with Crippen LogP contribution in [0.1, 0.15) is 30.6 Å². The standard InChI is InChI=1S/C25H28N4O6S/c1-4-35-24(33)17-5-9-19(10-6-17)29-23(32)21(28(25(29)36)14-13-26-16(2)30)15-22(31)27-18-7-11-20(34-3)12-8-18/h5-12,21H,4,13-15H2,1-3H3,(H,26,30)(H,27,31)/t21-/m0/s1. The third kappa shape index (κ3) is 6.36. The lowest BCUT2D eigenvalue weighted by Gasteiger charge is -2.24. The Morgan fingerprint density at radius 2 is 1.72 bits per heavy atom. The van der Waals surface area contributed by atoms with Crippen LogP contribution in [0.4, 0.5) is 11.4 Å². The molecule has 0 aliphatic carbocycles. The molecule has 0 spiro atoms. The molecular formula is C25H28N4O6S. The van der Waals surface area contributed by atoms with Crippen molar-refractivity contribution in [2.24, 2.45) is 0 Å². The summed E-state index contributed by atoms with van der Waals surface area (Å²) in [5, 5.41) is 5.67. The van der Waals surface area contributed by atoms with Gasteiger partial charge in [0.25, 0.3) is 5.91 Å². The Morgan fingerprint density at radius 1 is 1.06 bits per heavy atom. The molecule has 36 heavy (non-hydrogen) atoms. The number of amides is 3. The molecule has 1 aliphatic rings. The minimum atomic E-state index is -0.866. The van der Waals surface area contributed by atoms with Gasteiger partial charge >= 0.3 is 5.97 Å². The van der Waals surface area contributed by atoms with Gasteiger partial charge in [-0.2, -0.15) is 0 Å². The van der Waals surface area contributed by atoms with Crippen molar-refractivity contribution in [2.45, 2.75) is 26.3 Å². The van der Waals surface area contributed by atoms with Crippen molar-refractivity contribution in [3.8, 4) is 5.75 Å². The van der Waals surface area contributed by atoms with Crippen LogP contribution in [-0.4, -0.2) is 66.6 Å². The minimum absolute atomic E-state index is 0.150. The van der Waals surface area contributed by atoms with E-state index in [4.69, 9.17) is 21.7 Å². The van der Waals surface area contributed by atoms with Crippen LogP contribution in [0.15, 0.2) is 48.5 Å². The molecule has 2 aromatic rings. The van der Waals surface area contributed by atoms with Gasteiger partial charge in [0.15, 0.2) is 5.11 Å². The molecule has 0 saturated carbocycles. The van der Waals surface area contributed by atoms with Crippen LogP contribution in [-0.2, 0) is 19.1 Å². The maximum Gasteiger partial charge on any atom is 0.338 e. The first-order chi connectivity index (χ1) is 17.2. The van der Waals surface area contributed by atoms with Crippen LogP contribution in [0, 0.1) is 0 Å². The second kappa shape index (κ2) is 12.1. The minimum Gasteiger partial charge on any atom is -0.497 e. The number of carbonyl (C=O) groups is 4. The van der Waals surface area contributed by atoms with Gasteiger partial charge in [-0.1, -0.05) is 0 Å². The lowest BCUT2D eigenvalue weighted by atomic mass is 10.1. The predicted octanol–water partition coefficient (Wildman–Crippen LogP) is 2.34. The molecule has 1 saturated heterocycles. The van der Waals surface area contributed by atoms with Gasteiger partial charge in [-0.05, 0) is 67.7 Å². The molecular weight excluding hydrogens is 484 g/mol. The summed E-state index contributed by atoms with van der Waals surface area (Å²) >= 11 is 5.59. The predicted molar refractivity (Wildman–Crippen MR) is 138 cm³/mol. The van der Waals surface area contributed by atoms with Gasteiger partial charge in [0, 0.05) is 25.7 Å². The molecule has 2 aromatic carbocycles. The number of rotatable bonds is 10. The lowest BCUT2D eigenvalue weighted by molar-refractivity contribution is -0.124. The van der Waals surface area contributed by atoms with E-state index in [0.717, 1.165) is 0 Å². The van der Waals surface area contributed by atoms with Crippen LogP contribution >= 0.6 is 12.2 Å². The molecule has 1 atom stereocenters. The van der Waals surface area contributed by atoms with E-state index < -0.39 is 12.0 Å². The van der Waals surface area contributed by atoms with Crippen molar-refractivity contribution >= 4 is 52.4 Å². The molecule has 0 aromatic heterocycles. The first-order valence-electron chi connectivity index (χ1n) is 11.3. The fraction of sp³-hybridized carbons (Fsp3) is 0.320. The molecule has 1 aliphatic heterocycles. The topological polar surface area (TPSA) is 117 Å². The highest BCUT2D eigenvalue weighted by molar-refractivity contribution is 7.80. The van der Waals surface area contributed by atoms with Crippen LogP contribution < -0.4 is 20.3 Å². The molecule has 0 radical (unpaired) electrons. The smallest absolute Gasteiger partial charge is 0.338 e. The van der Waals surface area contributed by atoms with E-state index in [1.165, 1.54) is 11.8 Å². The summed E-state index contributed by atoms with van der Waals surface area (Å²) in [5.74, 6) is -0.781. The normalized spacial score (nSPS) is 15.0. The third-order valence-corrected chi connectivity index (χ3v) is 5.85. The number of hydrogen-bond donors (Lipinski definition) is 2. The molecule has 2 N–H and O–H groups in total. The molecule has 11 heteroatoms. The number of carbonyl (C=O) groups excluding carboxylic acids is 4.